The first-order valence-corrected chi connectivity index (χ1v) is 10.8. The summed E-state index contributed by atoms with van der Waals surface area (Å²) in [6.07, 6.45) is -0.816. The standard InChI is InChI=1S/C11H13F3O2.C11H15F3/c12-9-1-8(7(15)16)2-10(13,4-9)6-11(14,3-8)5-9;1-8-2-9(12)5-10(13,3-8)7-11(14,4-8)6-9/h1-6H2,(H,15,16);2-7H2,1H3. The van der Waals surface area contributed by atoms with Crippen molar-refractivity contribution in [3.8, 4) is 0 Å². The first kappa shape index (κ1) is 20.9. The van der Waals surface area contributed by atoms with Crippen LogP contribution in [0.5, 0.6) is 0 Å². The van der Waals surface area contributed by atoms with Crippen LogP contribution in [0.25, 0.3) is 0 Å². The first-order chi connectivity index (χ1) is 13.4. The lowest BCUT2D eigenvalue weighted by atomic mass is 9.46. The Morgan fingerprint density at radius 2 is 0.767 bits per heavy atom. The van der Waals surface area contributed by atoms with Gasteiger partial charge in [-0.3, -0.25) is 4.79 Å². The highest BCUT2D eigenvalue weighted by atomic mass is 19.2. The molecule has 0 aliphatic heterocycles. The van der Waals surface area contributed by atoms with E-state index >= 15 is 0 Å². The molecule has 8 heteroatoms. The maximum Gasteiger partial charge on any atom is 0.309 e. The first-order valence-electron chi connectivity index (χ1n) is 10.8. The van der Waals surface area contributed by atoms with Crippen LogP contribution in [-0.4, -0.2) is 45.1 Å². The van der Waals surface area contributed by atoms with Crippen LogP contribution in [0, 0.1) is 10.8 Å². The summed E-state index contributed by atoms with van der Waals surface area (Å²) in [4.78, 5) is 11.2. The largest absolute Gasteiger partial charge is 0.481 e. The minimum atomic E-state index is -1.96. The highest BCUT2D eigenvalue weighted by molar-refractivity contribution is 5.76. The minimum absolute atomic E-state index is 0.0682. The predicted molar refractivity (Wildman–Crippen MR) is 96.6 cm³/mol. The lowest BCUT2D eigenvalue weighted by molar-refractivity contribution is -0.225. The van der Waals surface area contributed by atoms with Crippen LogP contribution in [0.3, 0.4) is 0 Å². The van der Waals surface area contributed by atoms with E-state index < -0.39 is 50.8 Å². The number of hydrogen-bond acceptors (Lipinski definition) is 1. The van der Waals surface area contributed by atoms with Gasteiger partial charge in [-0.1, -0.05) is 6.92 Å². The Hall–Kier alpha value is -0.950. The van der Waals surface area contributed by atoms with Crippen molar-refractivity contribution in [1.29, 1.82) is 0 Å². The molecule has 0 aromatic heterocycles. The fourth-order valence-corrected chi connectivity index (χ4v) is 9.25. The third-order valence-electron chi connectivity index (χ3n) is 8.45. The summed E-state index contributed by atoms with van der Waals surface area (Å²) in [5, 5.41) is 9.12. The number of carboxylic acids is 1. The monoisotopic (exact) mass is 438 g/mol. The number of aliphatic carboxylic acids is 1. The topological polar surface area (TPSA) is 37.3 Å². The second-order valence-corrected chi connectivity index (χ2v) is 12.4. The molecule has 0 saturated heterocycles. The molecule has 8 aliphatic rings. The highest BCUT2D eigenvalue weighted by Crippen LogP contribution is 2.69. The van der Waals surface area contributed by atoms with Crippen LogP contribution in [0.4, 0.5) is 26.3 Å². The Bertz CT molecular complexity index is 664. The Labute approximate surface area is 171 Å². The van der Waals surface area contributed by atoms with E-state index in [1.54, 1.807) is 0 Å². The van der Waals surface area contributed by atoms with E-state index in [2.05, 4.69) is 0 Å². The lowest BCUT2D eigenvalue weighted by Gasteiger charge is -2.62. The minimum Gasteiger partial charge on any atom is -0.481 e. The van der Waals surface area contributed by atoms with Crippen LogP contribution in [0.15, 0.2) is 0 Å². The number of rotatable bonds is 1. The summed E-state index contributed by atoms with van der Waals surface area (Å²) in [5.41, 5.74) is -12.5. The Morgan fingerprint density at radius 1 is 0.533 bits per heavy atom. The Kier molecular flexibility index (Phi) is 3.72. The molecular formula is C22H28F6O2. The number of hydrogen-bond donors (Lipinski definition) is 1. The molecule has 30 heavy (non-hydrogen) atoms. The zero-order chi connectivity index (χ0) is 22.1. The molecule has 0 unspecified atom stereocenters. The van der Waals surface area contributed by atoms with E-state index in [4.69, 9.17) is 5.11 Å². The maximum absolute atomic E-state index is 14.2. The average Bonchev–Trinajstić information content (AvgIpc) is 2.34. The van der Waals surface area contributed by atoms with Crippen molar-refractivity contribution < 1.29 is 36.2 Å². The maximum atomic E-state index is 14.2. The average molecular weight is 438 g/mol. The van der Waals surface area contributed by atoms with Crippen LogP contribution >= 0.6 is 0 Å². The molecule has 2 nitrogen and oxygen atoms in total. The van der Waals surface area contributed by atoms with Crippen LogP contribution < -0.4 is 0 Å². The van der Waals surface area contributed by atoms with Gasteiger partial charge in [0.05, 0.1) is 5.41 Å². The molecule has 8 saturated carbocycles. The molecule has 0 spiro atoms. The summed E-state index contributed by atoms with van der Waals surface area (Å²) in [6, 6.07) is 0. The van der Waals surface area contributed by atoms with E-state index in [0.29, 0.717) is 19.3 Å². The normalized spacial score (nSPS) is 62.2. The third kappa shape index (κ3) is 3.09. The fraction of sp³-hybridized carbons (Fsp3) is 0.955. The van der Waals surface area contributed by atoms with Gasteiger partial charge in [0.25, 0.3) is 0 Å². The van der Waals surface area contributed by atoms with E-state index in [0.717, 1.165) is 0 Å². The van der Waals surface area contributed by atoms with E-state index in [1.807, 2.05) is 6.92 Å². The summed E-state index contributed by atoms with van der Waals surface area (Å²) < 4.78 is 85.1. The van der Waals surface area contributed by atoms with Crippen molar-refractivity contribution >= 4 is 5.97 Å². The van der Waals surface area contributed by atoms with Gasteiger partial charge in [0, 0.05) is 38.5 Å². The molecule has 0 aromatic rings. The molecule has 0 heterocycles. The van der Waals surface area contributed by atoms with Gasteiger partial charge in [-0.15, -0.1) is 0 Å². The van der Waals surface area contributed by atoms with Gasteiger partial charge in [-0.25, -0.2) is 26.3 Å². The van der Waals surface area contributed by atoms with Crippen molar-refractivity contribution in [3.05, 3.63) is 0 Å². The molecule has 0 amide bonds. The van der Waals surface area contributed by atoms with Gasteiger partial charge in [0.2, 0.25) is 0 Å². The Morgan fingerprint density at radius 3 is 0.967 bits per heavy atom. The molecule has 0 aromatic carbocycles. The number of alkyl halides is 6. The smallest absolute Gasteiger partial charge is 0.309 e. The zero-order valence-electron chi connectivity index (χ0n) is 17.1. The van der Waals surface area contributed by atoms with Gasteiger partial charge >= 0.3 is 5.97 Å². The van der Waals surface area contributed by atoms with E-state index in [-0.39, 0.29) is 57.8 Å². The van der Waals surface area contributed by atoms with Gasteiger partial charge in [0.1, 0.15) is 34.0 Å². The van der Waals surface area contributed by atoms with E-state index in [1.165, 1.54) is 0 Å². The van der Waals surface area contributed by atoms with Gasteiger partial charge < -0.3 is 5.11 Å². The predicted octanol–water partition coefficient (Wildman–Crippen LogP) is 6.06. The number of carbonyl (C=O) groups is 1. The molecule has 170 valence electrons. The van der Waals surface area contributed by atoms with Crippen molar-refractivity contribution in [2.24, 2.45) is 10.8 Å². The molecule has 8 rings (SSSR count). The molecule has 0 atom stereocenters. The number of halogens is 6. The van der Waals surface area contributed by atoms with Crippen molar-refractivity contribution in [3.63, 3.8) is 0 Å². The van der Waals surface area contributed by atoms with Crippen molar-refractivity contribution in [2.45, 2.75) is 118 Å². The fourth-order valence-electron chi connectivity index (χ4n) is 9.25. The summed E-state index contributed by atoms with van der Waals surface area (Å²) in [6.45, 7) is 1.83. The Balaban J connectivity index is 0.000000130. The highest BCUT2D eigenvalue weighted by Gasteiger charge is 2.73. The molecule has 8 aliphatic carbocycles. The summed E-state index contributed by atoms with van der Waals surface area (Å²) >= 11 is 0. The van der Waals surface area contributed by atoms with Crippen molar-refractivity contribution in [1.82, 2.24) is 0 Å². The zero-order valence-corrected chi connectivity index (χ0v) is 17.1. The second-order valence-electron chi connectivity index (χ2n) is 12.4. The van der Waals surface area contributed by atoms with Gasteiger partial charge in [0.15, 0.2) is 0 Å². The van der Waals surface area contributed by atoms with Crippen molar-refractivity contribution in [2.75, 3.05) is 0 Å². The SMILES string of the molecule is CC12CC3(F)CC(F)(C1)CC(F)(C2)C3.O=C(O)C12CC3(F)CC(F)(CC(F)(C3)C1)C2. The van der Waals surface area contributed by atoms with Crippen LogP contribution in [-0.2, 0) is 4.79 Å². The third-order valence-corrected chi connectivity index (χ3v) is 8.45. The summed E-state index contributed by atoms with van der Waals surface area (Å²) in [7, 11) is 0. The summed E-state index contributed by atoms with van der Waals surface area (Å²) in [5.74, 6) is -1.25. The molecule has 8 fully saturated rings. The lowest BCUT2D eigenvalue weighted by Crippen LogP contribution is -2.67. The van der Waals surface area contributed by atoms with Gasteiger partial charge in [-0.2, -0.15) is 0 Å². The van der Waals surface area contributed by atoms with Crippen LogP contribution in [0.2, 0.25) is 0 Å². The molecule has 1 N–H and O–H groups in total. The quantitative estimate of drug-likeness (QED) is 0.505. The molecule has 0 radical (unpaired) electrons. The molecule has 8 bridgehead atoms. The van der Waals surface area contributed by atoms with Crippen LogP contribution in [0.1, 0.15) is 84.0 Å². The molecular weight excluding hydrogens is 410 g/mol. The van der Waals surface area contributed by atoms with Gasteiger partial charge in [-0.05, 0) is 43.9 Å². The number of carboxylic acid groups (broad SMARTS) is 1. The second kappa shape index (κ2) is 5.33. The van der Waals surface area contributed by atoms with E-state index in [9.17, 15) is 31.1 Å².